The quantitative estimate of drug-likeness (QED) is 0.300. The van der Waals surface area contributed by atoms with E-state index in [0.29, 0.717) is 0 Å². The number of hydrogen-bond donors (Lipinski definition) is 1. The van der Waals surface area contributed by atoms with Crippen LogP contribution in [0.3, 0.4) is 0 Å². The highest BCUT2D eigenvalue weighted by atomic mass is 16.5. The molecule has 1 N–H and O–H groups in total. The molecule has 0 atom stereocenters. The zero-order valence-electron chi connectivity index (χ0n) is 5.92. The first-order valence-electron chi connectivity index (χ1n) is 2.67. The number of carbonyl (C=O) groups is 3. The molecule has 5 nitrogen and oxygen atoms in total. The van der Waals surface area contributed by atoms with Crippen LogP contribution in [0.5, 0.6) is 0 Å². The number of rotatable bonds is 1. The maximum atomic E-state index is 10.5. The van der Waals surface area contributed by atoms with Gasteiger partial charge in [-0.25, -0.2) is 4.79 Å². The topological polar surface area (TPSA) is 72.5 Å². The summed E-state index contributed by atoms with van der Waals surface area (Å²) < 4.78 is 4.02. The Morgan fingerprint density at radius 3 is 2.36 bits per heavy atom. The molecule has 0 unspecified atom stereocenters. The van der Waals surface area contributed by atoms with Gasteiger partial charge in [0.2, 0.25) is 5.91 Å². The number of hydrogen-bond acceptors (Lipinski definition) is 4. The number of carbonyl (C=O) groups excluding carboxylic acids is 3. The Morgan fingerprint density at radius 1 is 1.45 bits per heavy atom. The van der Waals surface area contributed by atoms with Gasteiger partial charge in [0, 0.05) is 0 Å². The third-order valence-electron chi connectivity index (χ3n) is 0.793. The molecule has 0 aliphatic carbocycles. The van der Waals surface area contributed by atoms with E-state index >= 15 is 0 Å². The molecule has 0 bridgehead atoms. The van der Waals surface area contributed by atoms with Gasteiger partial charge in [0.15, 0.2) is 0 Å². The standard InChI is InChI=1S/C6H7NO4/c1-3-4(8)7-5(9)6(10)11-2/h3H,1H2,2H3,(H,7,8,9). The van der Waals surface area contributed by atoms with Gasteiger partial charge in [-0.1, -0.05) is 6.58 Å². The van der Waals surface area contributed by atoms with Crippen molar-refractivity contribution in [3.8, 4) is 0 Å². The Morgan fingerprint density at radius 2 is 2.00 bits per heavy atom. The molecule has 2 amide bonds. The summed E-state index contributed by atoms with van der Waals surface area (Å²) in [7, 11) is 1.04. The molecule has 0 aromatic carbocycles. The maximum Gasteiger partial charge on any atom is 0.396 e. The van der Waals surface area contributed by atoms with Gasteiger partial charge in [0.25, 0.3) is 0 Å². The van der Waals surface area contributed by atoms with E-state index in [-0.39, 0.29) is 0 Å². The van der Waals surface area contributed by atoms with Crippen LogP contribution in [-0.2, 0) is 19.1 Å². The Kier molecular flexibility index (Phi) is 3.58. The van der Waals surface area contributed by atoms with Gasteiger partial charge in [-0.05, 0) is 6.08 Å². The summed E-state index contributed by atoms with van der Waals surface area (Å²) in [4.78, 5) is 31.2. The van der Waals surface area contributed by atoms with Crippen molar-refractivity contribution in [3.05, 3.63) is 12.7 Å². The fraction of sp³-hybridized carbons (Fsp3) is 0.167. The first kappa shape index (κ1) is 9.35. The number of esters is 1. The van der Waals surface area contributed by atoms with E-state index in [0.717, 1.165) is 13.2 Å². The third kappa shape index (κ3) is 3.14. The Hall–Kier alpha value is -1.65. The van der Waals surface area contributed by atoms with E-state index in [1.807, 2.05) is 0 Å². The molecule has 0 saturated carbocycles. The van der Waals surface area contributed by atoms with E-state index in [2.05, 4.69) is 11.3 Å². The molecule has 0 spiro atoms. The van der Waals surface area contributed by atoms with Crippen molar-refractivity contribution in [1.82, 2.24) is 5.32 Å². The Balaban J connectivity index is 3.97. The van der Waals surface area contributed by atoms with Crippen LogP contribution in [0.25, 0.3) is 0 Å². The molecule has 5 heteroatoms. The highest BCUT2D eigenvalue weighted by Gasteiger charge is 2.14. The molecule has 0 aromatic rings. The van der Waals surface area contributed by atoms with Gasteiger partial charge in [0.05, 0.1) is 7.11 Å². The van der Waals surface area contributed by atoms with Crippen LogP contribution >= 0.6 is 0 Å². The van der Waals surface area contributed by atoms with Gasteiger partial charge in [-0.15, -0.1) is 0 Å². The van der Waals surface area contributed by atoms with Crippen LogP contribution in [0.15, 0.2) is 12.7 Å². The summed E-state index contributed by atoms with van der Waals surface area (Å²) in [6.45, 7) is 3.08. The van der Waals surface area contributed by atoms with Crippen molar-refractivity contribution < 1.29 is 19.1 Å². The fourth-order valence-corrected chi connectivity index (χ4v) is 0.307. The molecular weight excluding hydrogens is 150 g/mol. The Labute approximate surface area is 63.0 Å². The van der Waals surface area contributed by atoms with Crippen molar-refractivity contribution in [3.63, 3.8) is 0 Å². The number of imide groups is 1. The average Bonchev–Trinajstić information content (AvgIpc) is 2.02. The van der Waals surface area contributed by atoms with Crippen molar-refractivity contribution in [2.45, 2.75) is 0 Å². The molecule has 0 fully saturated rings. The zero-order chi connectivity index (χ0) is 8.85. The minimum absolute atomic E-state index is 0.736. The highest BCUT2D eigenvalue weighted by molar-refractivity contribution is 6.35. The molecule has 0 aliphatic heterocycles. The second-order valence-electron chi connectivity index (χ2n) is 1.51. The highest BCUT2D eigenvalue weighted by Crippen LogP contribution is 1.74. The van der Waals surface area contributed by atoms with Gasteiger partial charge in [-0.3, -0.25) is 14.9 Å². The van der Waals surface area contributed by atoms with Crippen molar-refractivity contribution in [2.24, 2.45) is 0 Å². The van der Waals surface area contributed by atoms with E-state index < -0.39 is 17.8 Å². The van der Waals surface area contributed by atoms with Gasteiger partial charge >= 0.3 is 11.9 Å². The molecule has 60 valence electrons. The summed E-state index contributed by atoms with van der Waals surface area (Å²) in [6, 6.07) is 0. The Bertz CT molecular complexity index is 209. The van der Waals surface area contributed by atoms with E-state index in [4.69, 9.17) is 0 Å². The number of nitrogens with one attached hydrogen (secondary N) is 1. The monoisotopic (exact) mass is 157 g/mol. The first-order valence-corrected chi connectivity index (χ1v) is 2.67. The van der Waals surface area contributed by atoms with Gasteiger partial charge in [-0.2, -0.15) is 0 Å². The molecular formula is C6H7NO4. The largest absolute Gasteiger partial charge is 0.462 e. The SMILES string of the molecule is C=CC(=O)NC(=O)C(=O)OC. The molecule has 0 rings (SSSR count). The lowest BCUT2D eigenvalue weighted by Crippen LogP contribution is -2.35. The van der Waals surface area contributed by atoms with Crippen LogP contribution < -0.4 is 5.32 Å². The van der Waals surface area contributed by atoms with Crippen LogP contribution in [-0.4, -0.2) is 24.9 Å². The molecule has 0 saturated heterocycles. The lowest BCUT2D eigenvalue weighted by molar-refractivity contribution is -0.153. The van der Waals surface area contributed by atoms with Crippen molar-refractivity contribution in [1.29, 1.82) is 0 Å². The van der Waals surface area contributed by atoms with Gasteiger partial charge < -0.3 is 4.74 Å². The van der Waals surface area contributed by atoms with E-state index in [1.165, 1.54) is 0 Å². The van der Waals surface area contributed by atoms with Crippen LogP contribution in [0.2, 0.25) is 0 Å². The second-order valence-corrected chi connectivity index (χ2v) is 1.51. The molecule has 0 aromatic heterocycles. The normalized spacial score (nSPS) is 8.09. The fourth-order valence-electron chi connectivity index (χ4n) is 0.307. The zero-order valence-corrected chi connectivity index (χ0v) is 5.92. The van der Waals surface area contributed by atoms with Crippen LogP contribution in [0.1, 0.15) is 0 Å². The van der Waals surface area contributed by atoms with Crippen LogP contribution in [0, 0.1) is 0 Å². The van der Waals surface area contributed by atoms with E-state index in [9.17, 15) is 14.4 Å². The summed E-state index contributed by atoms with van der Waals surface area (Å²) in [5, 5.41) is 1.71. The summed E-state index contributed by atoms with van der Waals surface area (Å²) in [5.41, 5.74) is 0. The lowest BCUT2D eigenvalue weighted by Gasteiger charge is -1.96. The predicted molar refractivity (Wildman–Crippen MR) is 35.4 cm³/mol. The van der Waals surface area contributed by atoms with E-state index in [1.54, 1.807) is 5.32 Å². The molecule has 0 heterocycles. The number of ether oxygens (including phenoxy) is 1. The molecule has 0 radical (unpaired) electrons. The summed E-state index contributed by atoms with van der Waals surface area (Å²) >= 11 is 0. The summed E-state index contributed by atoms with van der Waals surface area (Å²) in [5.74, 6) is -2.95. The average molecular weight is 157 g/mol. The third-order valence-corrected chi connectivity index (χ3v) is 0.793. The van der Waals surface area contributed by atoms with Gasteiger partial charge in [0.1, 0.15) is 0 Å². The lowest BCUT2D eigenvalue weighted by atomic mass is 10.5. The smallest absolute Gasteiger partial charge is 0.396 e. The first-order chi connectivity index (χ1) is 5.11. The molecule has 11 heavy (non-hydrogen) atoms. The van der Waals surface area contributed by atoms with Crippen LogP contribution in [0.4, 0.5) is 0 Å². The van der Waals surface area contributed by atoms with Crippen molar-refractivity contribution in [2.75, 3.05) is 7.11 Å². The number of amides is 2. The predicted octanol–water partition coefficient (Wildman–Crippen LogP) is -1.01. The molecule has 0 aliphatic rings. The minimum Gasteiger partial charge on any atom is -0.462 e. The second kappa shape index (κ2) is 4.21. The van der Waals surface area contributed by atoms with Crippen molar-refractivity contribution >= 4 is 17.8 Å². The maximum absolute atomic E-state index is 10.5. The minimum atomic E-state index is -1.11. The number of methoxy groups -OCH3 is 1. The summed E-state index contributed by atoms with van der Waals surface area (Å²) in [6.07, 6.45) is 0.876.